The number of aliphatic carboxylic acids is 1. The van der Waals surface area contributed by atoms with Crippen LogP contribution in [0.3, 0.4) is 0 Å². The van der Waals surface area contributed by atoms with Crippen molar-refractivity contribution in [1.29, 1.82) is 0 Å². The van der Waals surface area contributed by atoms with Crippen LogP contribution in [0, 0.1) is 0 Å². The number of carbonyl (C=O) groups is 1. The molecule has 3 heterocycles. The number of imidazole rings is 1. The molecule has 4 rings (SSSR count). The molecule has 4 N–H and O–H groups in total. The van der Waals surface area contributed by atoms with Crippen molar-refractivity contribution >= 4 is 17.0 Å². The number of fused-ring (bicyclic) bond motifs is 2. The lowest BCUT2D eigenvalue weighted by Gasteiger charge is -2.17. The Morgan fingerprint density at radius 3 is 2.56 bits per heavy atom. The minimum Gasteiger partial charge on any atom is -0.542 e. The van der Waals surface area contributed by atoms with Crippen LogP contribution >= 0.6 is 0 Å². The van der Waals surface area contributed by atoms with Crippen molar-refractivity contribution in [2.45, 2.75) is 70.2 Å². The molecule has 2 aromatic rings. The van der Waals surface area contributed by atoms with Crippen LogP contribution in [-0.4, -0.2) is 70.7 Å². The Kier molecular flexibility index (Phi) is 8.03. The number of carboxylic acid groups (broad SMARTS) is 1. The molecule has 0 aliphatic carbocycles. The van der Waals surface area contributed by atoms with E-state index < -0.39 is 24.4 Å². The third kappa shape index (κ3) is 5.44. The van der Waals surface area contributed by atoms with Gasteiger partial charge in [0.1, 0.15) is 36.6 Å². The predicted molar refractivity (Wildman–Crippen MR) is 108 cm³/mol. The molecule has 13 heteroatoms. The van der Waals surface area contributed by atoms with E-state index >= 15 is 0 Å². The Morgan fingerprint density at radius 1 is 1.35 bits per heavy atom. The van der Waals surface area contributed by atoms with Gasteiger partial charge in [-0.05, 0) is 26.0 Å². The zero-order chi connectivity index (χ0) is 25.2. The van der Waals surface area contributed by atoms with Crippen LogP contribution in [0.5, 0.6) is 5.75 Å². The number of carbonyl (C=O) groups excluding carboxylic acids is 1. The summed E-state index contributed by atoms with van der Waals surface area (Å²) in [6.45, 7) is 6.16. The quantitative estimate of drug-likeness (QED) is 0.437. The number of rotatable bonds is 6. The van der Waals surface area contributed by atoms with Gasteiger partial charge in [-0.3, -0.25) is 0 Å². The largest absolute Gasteiger partial charge is 0.542 e. The molecule has 1 aromatic carbocycles. The predicted octanol–water partition coefficient (Wildman–Crippen LogP) is -1.01. The van der Waals surface area contributed by atoms with E-state index in [1.54, 1.807) is 6.92 Å². The number of hydrogen-bond donors (Lipinski definition) is 3. The summed E-state index contributed by atoms with van der Waals surface area (Å²) in [6.07, 6.45) is -7.09. The van der Waals surface area contributed by atoms with Crippen molar-refractivity contribution in [3.63, 3.8) is 0 Å². The van der Waals surface area contributed by atoms with Gasteiger partial charge in [0, 0.05) is 6.07 Å². The average molecular weight is 491 g/mol. The number of nitrogens with zero attached hydrogens (tertiary/aromatic N) is 2. The molecule has 190 valence electrons. The van der Waals surface area contributed by atoms with Crippen molar-refractivity contribution in [2.24, 2.45) is 5.73 Å². The lowest BCUT2D eigenvalue weighted by atomic mass is 10.1. The van der Waals surface area contributed by atoms with Gasteiger partial charge in [-0.1, -0.05) is 0 Å². The van der Waals surface area contributed by atoms with E-state index in [1.807, 2.05) is 18.2 Å². The molecule has 2 aliphatic rings. The number of benzene rings is 1. The van der Waals surface area contributed by atoms with Crippen molar-refractivity contribution in [2.75, 3.05) is 13.2 Å². The fraction of sp³-hybridized carbons (Fsp3) is 0.619. The van der Waals surface area contributed by atoms with Gasteiger partial charge in [0.15, 0.2) is 17.1 Å². The number of halogens is 3. The van der Waals surface area contributed by atoms with E-state index in [0.717, 1.165) is 23.4 Å². The standard InChI is InChI=1S/C19H28N3O5.C2HF3O2/c1-3-21-13-5-4-12(6-14(13)22(8-11(2)23)17(21)7-20)27-16-10-26-18-15(24)9-25-19(16)18;3-2(4,5)1(6)7/h4-6,11,15-16,18-19,23-24H,3,7-10,20H2,1-2H3;(H,6,7)/q+1;/p-1/t11-,15-,16-,18+,19+;/m0./s1. The number of ether oxygens (including phenoxy) is 3. The van der Waals surface area contributed by atoms with Crippen LogP contribution in [0.1, 0.15) is 19.7 Å². The van der Waals surface area contributed by atoms with Gasteiger partial charge in [-0.2, -0.15) is 13.2 Å². The summed E-state index contributed by atoms with van der Waals surface area (Å²) in [7, 11) is 0. The summed E-state index contributed by atoms with van der Waals surface area (Å²) >= 11 is 0. The van der Waals surface area contributed by atoms with E-state index in [0.29, 0.717) is 25.4 Å². The first kappa shape index (κ1) is 26.2. The van der Waals surface area contributed by atoms with Crippen LogP contribution in [-0.2, 0) is 33.9 Å². The number of aliphatic hydroxyl groups is 2. The summed E-state index contributed by atoms with van der Waals surface area (Å²) in [5.41, 5.74) is 8.02. The zero-order valence-corrected chi connectivity index (χ0v) is 18.7. The summed E-state index contributed by atoms with van der Waals surface area (Å²) in [6, 6.07) is 5.92. The molecule has 0 radical (unpaired) electrons. The maximum Gasteiger partial charge on any atom is 0.430 e. The first-order chi connectivity index (χ1) is 16.0. The minimum atomic E-state index is -5.19. The van der Waals surface area contributed by atoms with Crippen LogP contribution < -0.4 is 20.1 Å². The SMILES string of the molecule is CC[n+]1c(CN)n(C[C@H](C)O)c2cc(O[C@H]3CO[C@H]4[C@@H]3OC[C@@H]4O)ccc21.O=C([O-])C(F)(F)F. The molecule has 34 heavy (non-hydrogen) atoms. The third-order valence-electron chi connectivity index (χ3n) is 5.60. The van der Waals surface area contributed by atoms with E-state index in [2.05, 4.69) is 16.1 Å². The molecule has 5 atom stereocenters. The highest BCUT2D eigenvalue weighted by Gasteiger charge is 2.48. The van der Waals surface area contributed by atoms with E-state index in [9.17, 15) is 23.4 Å². The Morgan fingerprint density at radius 2 is 2.00 bits per heavy atom. The van der Waals surface area contributed by atoms with E-state index in [4.69, 9.17) is 29.8 Å². The number of aromatic nitrogens is 2. The molecule has 10 nitrogen and oxygen atoms in total. The fourth-order valence-corrected chi connectivity index (χ4v) is 4.21. The minimum absolute atomic E-state index is 0.250. The number of aliphatic hydroxyl groups excluding tert-OH is 2. The molecule has 2 aliphatic heterocycles. The maximum atomic E-state index is 10.5. The van der Waals surface area contributed by atoms with Crippen LogP contribution in [0.2, 0.25) is 0 Å². The third-order valence-corrected chi connectivity index (χ3v) is 5.60. The number of carboxylic acids is 1. The molecular formula is C21H28F3N3O7. The Labute approximate surface area is 193 Å². The lowest BCUT2D eigenvalue weighted by Crippen LogP contribution is -2.38. The normalized spacial score (nSPS) is 25.1. The molecule has 0 unspecified atom stereocenters. The van der Waals surface area contributed by atoms with Gasteiger partial charge < -0.3 is 40.1 Å². The van der Waals surface area contributed by atoms with Gasteiger partial charge in [-0.15, -0.1) is 0 Å². The number of aryl methyl sites for hydroxylation is 1. The second-order valence-electron chi connectivity index (χ2n) is 8.08. The number of alkyl halides is 3. The van der Waals surface area contributed by atoms with Gasteiger partial charge in [0.25, 0.3) is 5.82 Å². The van der Waals surface area contributed by atoms with Gasteiger partial charge in [0.05, 0.1) is 32.4 Å². The van der Waals surface area contributed by atoms with Crippen LogP contribution in [0.15, 0.2) is 18.2 Å². The fourth-order valence-electron chi connectivity index (χ4n) is 4.21. The topological polar surface area (TPSA) is 143 Å². The monoisotopic (exact) mass is 491 g/mol. The first-order valence-electron chi connectivity index (χ1n) is 10.8. The summed E-state index contributed by atoms with van der Waals surface area (Å²) < 4.78 is 53.2. The van der Waals surface area contributed by atoms with Crippen LogP contribution in [0.4, 0.5) is 13.2 Å². The van der Waals surface area contributed by atoms with E-state index in [1.165, 1.54) is 0 Å². The Hall–Kier alpha value is -2.45. The molecule has 0 spiro atoms. The molecule has 0 saturated carbocycles. The van der Waals surface area contributed by atoms with Gasteiger partial charge in [-0.25, -0.2) is 9.13 Å². The Bertz CT molecular complexity index is 1010. The lowest BCUT2D eigenvalue weighted by molar-refractivity contribution is -0.676. The van der Waals surface area contributed by atoms with Crippen LogP contribution in [0.25, 0.3) is 11.0 Å². The molecule has 1 aromatic heterocycles. The molecule has 0 amide bonds. The molecule has 0 bridgehead atoms. The van der Waals surface area contributed by atoms with Crippen molar-refractivity contribution in [1.82, 2.24) is 4.57 Å². The molecular weight excluding hydrogens is 463 g/mol. The number of hydrogen-bond acceptors (Lipinski definition) is 8. The van der Waals surface area contributed by atoms with E-state index in [-0.39, 0.29) is 24.9 Å². The summed E-state index contributed by atoms with van der Waals surface area (Å²) in [5, 5.41) is 28.6. The molecule has 2 saturated heterocycles. The second kappa shape index (κ2) is 10.4. The van der Waals surface area contributed by atoms with Gasteiger partial charge >= 0.3 is 6.18 Å². The smallest absolute Gasteiger partial charge is 0.430 e. The highest BCUT2D eigenvalue weighted by molar-refractivity contribution is 5.74. The summed E-state index contributed by atoms with van der Waals surface area (Å²) in [5.74, 6) is -1.33. The van der Waals surface area contributed by atoms with Crippen molar-refractivity contribution < 1.29 is 52.1 Å². The average Bonchev–Trinajstić information content (AvgIpc) is 3.41. The Balaban J connectivity index is 0.000000406. The zero-order valence-electron chi connectivity index (χ0n) is 18.7. The van der Waals surface area contributed by atoms with Crippen molar-refractivity contribution in [3.05, 3.63) is 24.0 Å². The highest BCUT2D eigenvalue weighted by Crippen LogP contribution is 2.31. The molecule has 2 fully saturated rings. The second-order valence-corrected chi connectivity index (χ2v) is 8.08. The maximum absolute atomic E-state index is 10.5. The van der Waals surface area contributed by atoms with Gasteiger partial charge in [0.2, 0.25) is 0 Å². The number of nitrogens with two attached hydrogens (primary N) is 1. The van der Waals surface area contributed by atoms with Crippen molar-refractivity contribution in [3.8, 4) is 5.75 Å². The first-order valence-corrected chi connectivity index (χ1v) is 10.8. The summed E-state index contributed by atoms with van der Waals surface area (Å²) in [4.78, 5) is 8.78. The highest BCUT2D eigenvalue weighted by atomic mass is 19.4.